The van der Waals surface area contributed by atoms with Crippen molar-refractivity contribution in [1.29, 1.82) is 0 Å². The van der Waals surface area contributed by atoms with Crippen molar-refractivity contribution in [2.45, 2.75) is 0 Å². The number of fused-ring (bicyclic) bond motifs is 4. The first-order valence-electron chi connectivity index (χ1n) is 15.3. The van der Waals surface area contributed by atoms with Gasteiger partial charge in [-0.25, -0.2) is 9.97 Å². The predicted molar refractivity (Wildman–Crippen MR) is 192 cm³/mol. The number of thiophene rings is 1. The number of hydrogen-bond acceptors (Lipinski definition) is 4. The Labute approximate surface area is 270 Å². The van der Waals surface area contributed by atoms with E-state index in [4.69, 9.17) is 14.4 Å². The van der Waals surface area contributed by atoms with E-state index in [1.165, 1.54) is 26.1 Å². The van der Waals surface area contributed by atoms with E-state index in [9.17, 15) is 0 Å². The summed E-state index contributed by atoms with van der Waals surface area (Å²) >= 11 is 1.82. The SMILES string of the molecule is c1ccc(-c2cccc(-c3cc(-c4ccc(-c5cc6ccccc6s5)cc4)nc(-c4ccc5c(c4)oc4ccccc45)n3)c2)cc1. The first kappa shape index (κ1) is 26.6. The van der Waals surface area contributed by atoms with Crippen LogP contribution in [0.4, 0.5) is 0 Å². The number of nitrogens with zero attached hydrogens (tertiary/aromatic N) is 2. The average molecular weight is 607 g/mol. The lowest BCUT2D eigenvalue weighted by Gasteiger charge is -2.11. The van der Waals surface area contributed by atoms with Crippen molar-refractivity contribution in [3.63, 3.8) is 0 Å². The third-order valence-electron chi connectivity index (χ3n) is 8.52. The highest BCUT2D eigenvalue weighted by atomic mass is 32.1. The molecule has 0 aliphatic rings. The zero-order chi connectivity index (χ0) is 30.5. The highest BCUT2D eigenvalue weighted by Gasteiger charge is 2.14. The van der Waals surface area contributed by atoms with Crippen LogP contribution in [0.5, 0.6) is 0 Å². The topological polar surface area (TPSA) is 38.9 Å². The minimum absolute atomic E-state index is 0.661. The summed E-state index contributed by atoms with van der Waals surface area (Å²) in [6.45, 7) is 0. The molecule has 0 saturated heterocycles. The Bertz CT molecular complexity index is 2490. The van der Waals surface area contributed by atoms with Crippen molar-refractivity contribution in [2.75, 3.05) is 0 Å². The summed E-state index contributed by atoms with van der Waals surface area (Å²) in [5.41, 5.74) is 9.96. The van der Waals surface area contributed by atoms with E-state index >= 15 is 0 Å². The van der Waals surface area contributed by atoms with Crippen molar-refractivity contribution in [2.24, 2.45) is 0 Å². The molecular formula is C42H26N2OS. The lowest BCUT2D eigenvalue weighted by molar-refractivity contribution is 0.669. The summed E-state index contributed by atoms with van der Waals surface area (Å²) < 4.78 is 7.53. The standard InChI is InChI=1S/C42H26N2OS/c1-2-9-27(10-3-1)30-12-8-13-31(23-30)37-26-36(28-17-19-29(20-18-28)41-25-32-11-4-7-16-40(32)46-41)43-42(44-37)33-21-22-35-34-14-5-6-15-38(34)45-39(35)24-33/h1-26H. The summed E-state index contributed by atoms with van der Waals surface area (Å²) in [7, 11) is 0. The molecule has 9 rings (SSSR count). The molecule has 0 amide bonds. The summed E-state index contributed by atoms with van der Waals surface area (Å²) in [4.78, 5) is 11.5. The molecule has 46 heavy (non-hydrogen) atoms. The average Bonchev–Trinajstić information content (AvgIpc) is 3.73. The van der Waals surface area contributed by atoms with E-state index < -0.39 is 0 Å². The molecule has 0 radical (unpaired) electrons. The van der Waals surface area contributed by atoms with Crippen LogP contribution in [0.2, 0.25) is 0 Å². The van der Waals surface area contributed by atoms with Crippen LogP contribution in [0.3, 0.4) is 0 Å². The zero-order valence-electron chi connectivity index (χ0n) is 24.7. The number of aromatic nitrogens is 2. The fourth-order valence-electron chi connectivity index (χ4n) is 6.16. The quantitative estimate of drug-likeness (QED) is 0.196. The van der Waals surface area contributed by atoms with Crippen LogP contribution in [0.25, 0.3) is 87.5 Å². The van der Waals surface area contributed by atoms with Crippen LogP contribution in [0.15, 0.2) is 162 Å². The van der Waals surface area contributed by atoms with E-state index in [0.717, 1.165) is 55.6 Å². The highest BCUT2D eigenvalue weighted by Crippen LogP contribution is 2.36. The molecule has 9 aromatic rings. The van der Waals surface area contributed by atoms with Crippen LogP contribution in [-0.2, 0) is 0 Å². The van der Waals surface area contributed by atoms with Gasteiger partial charge in [0.25, 0.3) is 0 Å². The van der Waals surface area contributed by atoms with Crippen molar-refractivity contribution >= 4 is 43.4 Å². The molecule has 0 atom stereocenters. The van der Waals surface area contributed by atoms with Gasteiger partial charge >= 0.3 is 0 Å². The van der Waals surface area contributed by atoms with Gasteiger partial charge in [-0.15, -0.1) is 11.3 Å². The third-order valence-corrected chi connectivity index (χ3v) is 9.68. The van der Waals surface area contributed by atoms with Gasteiger partial charge in [0.1, 0.15) is 11.2 Å². The van der Waals surface area contributed by atoms with Gasteiger partial charge in [0.2, 0.25) is 0 Å². The van der Waals surface area contributed by atoms with E-state index in [0.29, 0.717) is 5.82 Å². The maximum Gasteiger partial charge on any atom is 0.160 e. The van der Waals surface area contributed by atoms with Gasteiger partial charge in [-0.1, -0.05) is 115 Å². The molecular weight excluding hydrogens is 581 g/mol. The van der Waals surface area contributed by atoms with Crippen molar-refractivity contribution < 1.29 is 4.42 Å². The second-order valence-electron chi connectivity index (χ2n) is 11.4. The van der Waals surface area contributed by atoms with Crippen molar-refractivity contribution in [3.05, 3.63) is 158 Å². The lowest BCUT2D eigenvalue weighted by Crippen LogP contribution is -1.96. The largest absolute Gasteiger partial charge is 0.456 e. The smallest absolute Gasteiger partial charge is 0.160 e. The van der Waals surface area contributed by atoms with E-state index in [1.54, 1.807) is 0 Å². The maximum absolute atomic E-state index is 6.23. The van der Waals surface area contributed by atoms with Gasteiger partial charge in [0, 0.05) is 37.0 Å². The molecule has 216 valence electrons. The molecule has 0 bridgehead atoms. The molecule has 0 spiro atoms. The Morgan fingerprint density at radius 2 is 1.09 bits per heavy atom. The Kier molecular flexibility index (Phi) is 6.32. The molecule has 3 heterocycles. The van der Waals surface area contributed by atoms with E-state index in [-0.39, 0.29) is 0 Å². The van der Waals surface area contributed by atoms with E-state index in [2.05, 4.69) is 133 Å². The second-order valence-corrected chi connectivity index (χ2v) is 12.5. The lowest BCUT2D eigenvalue weighted by atomic mass is 10.0. The number of benzene rings is 6. The molecule has 0 saturated carbocycles. The Morgan fingerprint density at radius 3 is 1.96 bits per heavy atom. The number of para-hydroxylation sites is 1. The third kappa shape index (κ3) is 4.76. The van der Waals surface area contributed by atoms with Gasteiger partial charge in [-0.3, -0.25) is 0 Å². The monoisotopic (exact) mass is 606 g/mol. The van der Waals surface area contributed by atoms with Crippen molar-refractivity contribution in [3.8, 4) is 55.5 Å². The minimum atomic E-state index is 0.661. The first-order chi connectivity index (χ1) is 22.7. The number of hydrogen-bond donors (Lipinski definition) is 0. The van der Waals surface area contributed by atoms with Crippen LogP contribution in [-0.4, -0.2) is 9.97 Å². The Morgan fingerprint density at radius 1 is 0.413 bits per heavy atom. The molecule has 4 heteroatoms. The highest BCUT2D eigenvalue weighted by molar-refractivity contribution is 7.22. The Balaban J connectivity index is 1.17. The van der Waals surface area contributed by atoms with Gasteiger partial charge < -0.3 is 4.42 Å². The van der Waals surface area contributed by atoms with Crippen LogP contribution in [0.1, 0.15) is 0 Å². The number of furan rings is 1. The fourth-order valence-corrected chi connectivity index (χ4v) is 7.22. The Hall–Kier alpha value is -5.84. The molecule has 3 aromatic heterocycles. The molecule has 6 aromatic carbocycles. The molecule has 0 unspecified atom stereocenters. The first-order valence-corrected chi connectivity index (χ1v) is 16.1. The van der Waals surface area contributed by atoms with E-state index in [1.807, 2.05) is 35.6 Å². The molecule has 0 aliphatic carbocycles. The molecule has 0 aliphatic heterocycles. The van der Waals surface area contributed by atoms with Crippen LogP contribution in [0, 0.1) is 0 Å². The summed E-state index contributed by atoms with van der Waals surface area (Å²) in [5.74, 6) is 0.661. The van der Waals surface area contributed by atoms with Crippen LogP contribution < -0.4 is 0 Å². The summed E-state index contributed by atoms with van der Waals surface area (Å²) in [6, 6.07) is 55.0. The number of rotatable bonds is 5. The fraction of sp³-hybridized carbons (Fsp3) is 0. The van der Waals surface area contributed by atoms with Gasteiger partial charge in [0.15, 0.2) is 5.82 Å². The second kappa shape index (κ2) is 11.0. The molecule has 0 N–H and O–H groups in total. The van der Waals surface area contributed by atoms with Gasteiger partial charge in [-0.05, 0) is 64.5 Å². The summed E-state index contributed by atoms with van der Waals surface area (Å²) in [5, 5.41) is 3.47. The minimum Gasteiger partial charge on any atom is -0.456 e. The van der Waals surface area contributed by atoms with Gasteiger partial charge in [0.05, 0.1) is 11.4 Å². The normalized spacial score (nSPS) is 11.5. The maximum atomic E-state index is 6.23. The van der Waals surface area contributed by atoms with Gasteiger partial charge in [-0.2, -0.15) is 0 Å². The van der Waals surface area contributed by atoms with Crippen LogP contribution >= 0.6 is 11.3 Å². The predicted octanol–water partition coefficient (Wildman–Crippen LogP) is 11.9. The molecule has 0 fully saturated rings. The van der Waals surface area contributed by atoms with Crippen molar-refractivity contribution in [1.82, 2.24) is 9.97 Å². The zero-order valence-corrected chi connectivity index (χ0v) is 25.5. The summed E-state index contributed by atoms with van der Waals surface area (Å²) in [6.07, 6.45) is 0. The molecule has 3 nitrogen and oxygen atoms in total.